The number of hydrogen-bond acceptors (Lipinski definition) is 2. The van der Waals surface area contributed by atoms with Crippen LogP contribution in [0.15, 0.2) is 0 Å². The highest BCUT2D eigenvalue weighted by molar-refractivity contribution is 6.68. The van der Waals surface area contributed by atoms with Crippen LogP contribution in [0.1, 0.15) is 24.7 Å². The van der Waals surface area contributed by atoms with E-state index in [-0.39, 0.29) is 11.4 Å². The van der Waals surface area contributed by atoms with Gasteiger partial charge in [0.15, 0.2) is 0 Å². The van der Waals surface area contributed by atoms with E-state index in [2.05, 4.69) is 10.3 Å². The molecule has 0 aliphatic carbocycles. The first-order chi connectivity index (χ1) is 7.18. The third-order valence-electron chi connectivity index (χ3n) is 1.71. The van der Waals surface area contributed by atoms with E-state index in [1.807, 2.05) is 6.92 Å². The second kappa shape index (κ2) is 5.25. The molecule has 0 saturated carbocycles. The lowest BCUT2D eigenvalue weighted by Gasteiger charge is -2.17. The molecule has 1 rings (SSSR count). The average molecular weight is 346 g/mol. The summed E-state index contributed by atoms with van der Waals surface area (Å²) in [5.41, 5.74) is 0.213. The fraction of sp³-hybridized carbons (Fsp3) is 0.714. The van der Waals surface area contributed by atoms with Crippen LogP contribution in [0, 0.1) is 0 Å². The maximum atomic E-state index is 5.81. The van der Waals surface area contributed by atoms with Gasteiger partial charge in [0, 0.05) is 6.54 Å². The monoisotopic (exact) mass is 343 g/mol. The molecule has 0 N–H and O–H groups in total. The molecular weight excluding hydrogens is 339 g/mol. The smallest absolute Gasteiger partial charge is 0.236 e. The van der Waals surface area contributed by atoms with E-state index in [0.29, 0.717) is 6.54 Å². The van der Waals surface area contributed by atoms with Crippen molar-refractivity contribution in [2.24, 2.45) is 0 Å². The van der Waals surface area contributed by atoms with E-state index in [4.69, 9.17) is 69.6 Å². The van der Waals surface area contributed by atoms with Gasteiger partial charge in [-0.3, -0.25) is 0 Å². The van der Waals surface area contributed by atoms with Crippen LogP contribution in [0.4, 0.5) is 0 Å². The van der Waals surface area contributed by atoms with E-state index in [9.17, 15) is 0 Å². The fourth-order valence-electron chi connectivity index (χ4n) is 1.15. The Hall–Kier alpha value is 0.880. The molecule has 16 heavy (non-hydrogen) atoms. The van der Waals surface area contributed by atoms with Crippen molar-refractivity contribution in [3.63, 3.8) is 0 Å². The molecule has 0 fully saturated rings. The Morgan fingerprint density at radius 1 is 1.06 bits per heavy atom. The van der Waals surface area contributed by atoms with Crippen molar-refractivity contribution in [2.75, 3.05) is 0 Å². The van der Waals surface area contributed by atoms with Gasteiger partial charge in [0.25, 0.3) is 0 Å². The molecule has 0 unspecified atom stereocenters. The molecule has 92 valence electrons. The Morgan fingerprint density at radius 3 is 2.00 bits per heavy atom. The molecule has 1 aromatic rings. The maximum absolute atomic E-state index is 5.81. The van der Waals surface area contributed by atoms with Gasteiger partial charge in [-0.25, -0.2) is 4.68 Å². The molecule has 0 saturated heterocycles. The van der Waals surface area contributed by atoms with Crippen LogP contribution in [0.25, 0.3) is 0 Å². The highest BCUT2D eigenvalue weighted by atomic mass is 35.6. The van der Waals surface area contributed by atoms with Gasteiger partial charge >= 0.3 is 0 Å². The van der Waals surface area contributed by atoms with Crippen molar-refractivity contribution in [2.45, 2.75) is 27.5 Å². The Kier molecular flexibility index (Phi) is 4.90. The zero-order valence-electron chi connectivity index (χ0n) is 8.02. The number of hydrogen-bond donors (Lipinski definition) is 0. The normalized spacial score (nSPS) is 13.2. The number of alkyl halides is 6. The molecule has 1 aromatic heterocycles. The first-order valence-electron chi connectivity index (χ1n) is 4.25. The number of aryl methyl sites for hydroxylation is 1. The Bertz CT molecular complexity index is 363. The van der Waals surface area contributed by atoms with Gasteiger partial charge in [-0.2, -0.15) is 0 Å². The summed E-state index contributed by atoms with van der Waals surface area (Å²) in [6, 6.07) is 0. The quantitative estimate of drug-likeness (QED) is 0.746. The summed E-state index contributed by atoms with van der Waals surface area (Å²) < 4.78 is -2.09. The molecular formula is C7H7Cl6N3. The standard InChI is InChI=1S/C7H7Cl6N3/c1-2-3-16-5(7(11,12)13)4(14-15-16)6(8,9)10/h2-3H2,1H3. The van der Waals surface area contributed by atoms with E-state index in [1.165, 1.54) is 4.68 Å². The van der Waals surface area contributed by atoms with Gasteiger partial charge < -0.3 is 0 Å². The van der Waals surface area contributed by atoms with Crippen LogP contribution in [-0.4, -0.2) is 15.0 Å². The first kappa shape index (κ1) is 14.9. The lowest BCUT2D eigenvalue weighted by molar-refractivity contribution is 0.558. The maximum Gasteiger partial charge on any atom is 0.236 e. The Morgan fingerprint density at radius 2 is 1.62 bits per heavy atom. The van der Waals surface area contributed by atoms with Gasteiger partial charge in [-0.1, -0.05) is 81.7 Å². The minimum atomic E-state index is -1.77. The molecule has 0 aliphatic heterocycles. The molecule has 0 aromatic carbocycles. The molecule has 1 heterocycles. The van der Waals surface area contributed by atoms with Crippen molar-refractivity contribution >= 4 is 69.6 Å². The summed E-state index contributed by atoms with van der Waals surface area (Å²) in [6.45, 7) is 2.47. The SMILES string of the molecule is CCCn1nnc(C(Cl)(Cl)Cl)c1C(Cl)(Cl)Cl. The number of aromatic nitrogens is 3. The summed E-state index contributed by atoms with van der Waals surface area (Å²) in [4.78, 5) is 0. The minimum absolute atomic E-state index is 0.0333. The second-order valence-electron chi connectivity index (χ2n) is 3.01. The zero-order valence-corrected chi connectivity index (χ0v) is 12.6. The fourth-order valence-corrected chi connectivity index (χ4v) is 2.10. The van der Waals surface area contributed by atoms with Crippen LogP contribution >= 0.6 is 69.6 Å². The van der Waals surface area contributed by atoms with Crippen molar-refractivity contribution in [1.29, 1.82) is 0 Å². The molecule has 0 radical (unpaired) electrons. The summed E-state index contributed by atoms with van der Waals surface area (Å²) in [5.74, 6) is 0. The van der Waals surface area contributed by atoms with Gasteiger partial charge in [-0.05, 0) is 6.42 Å². The van der Waals surface area contributed by atoms with E-state index < -0.39 is 7.59 Å². The van der Waals surface area contributed by atoms with Crippen molar-refractivity contribution < 1.29 is 0 Å². The average Bonchev–Trinajstić information content (AvgIpc) is 2.46. The van der Waals surface area contributed by atoms with E-state index in [1.54, 1.807) is 0 Å². The van der Waals surface area contributed by atoms with Gasteiger partial charge in [0.1, 0.15) is 11.4 Å². The minimum Gasteiger partial charge on any atom is -0.245 e. The number of rotatable bonds is 2. The van der Waals surface area contributed by atoms with Crippen LogP contribution < -0.4 is 0 Å². The summed E-state index contributed by atoms with van der Waals surface area (Å²) in [6.07, 6.45) is 0.788. The van der Waals surface area contributed by atoms with Crippen molar-refractivity contribution in [3.8, 4) is 0 Å². The Balaban J connectivity index is 3.31. The van der Waals surface area contributed by atoms with Crippen LogP contribution in [-0.2, 0) is 14.1 Å². The van der Waals surface area contributed by atoms with Gasteiger partial charge in [-0.15, -0.1) is 5.10 Å². The van der Waals surface area contributed by atoms with Crippen LogP contribution in [0.5, 0.6) is 0 Å². The lowest BCUT2D eigenvalue weighted by Crippen LogP contribution is -2.16. The number of nitrogens with zero attached hydrogens (tertiary/aromatic N) is 3. The third kappa shape index (κ3) is 3.44. The largest absolute Gasteiger partial charge is 0.245 e. The topological polar surface area (TPSA) is 30.7 Å². The molecule has 0 atom stereocenters. The van der Waals surface area contributed by atoms with Gasteiger partial charge in [0.2, 0.25) is 7.59 Å². The van der Waals surface area contributed by atoms with E-state index >= 15 is 0 Å². The van der Waals surface area contributed by atoms with E-state index in [0.717, 1.165) is 6.42 Å². The molecule has 9 heteroatoms. The predicted molar refractivity (Wildman–Crippen MR) is 68.8 cm³/mol. The molecule has 0 bridgehead atoms. The molecule has 0 spiro atoms. The highest BCUT2D eigenvalue weighted by Crippen LogP contribution is 2.46. The zero-order chi connectivity index (χ0) is 12.6. The third-order valence-corrected chi connectivity index (χ3v) is 2.78. The van der Waals surface area contributed by atoms with Crippen LogP contribution in [0.3, 0.4) is 0 Å². The second-order valence-corrected chi connectivity index (χ2v) is 7.57. The summed E-state index contributed by atoms with van der Waals surface area (Å²) >= 11 is 34.6. The summed E-state index contributed by atoms with van der Waals surface area (Å²) in [7, 11) is 0. The number of halogens is 6. The molecule has 0 amide bonds. The van der Waals surface area contributed by atoms with Crippen LogP contribution in [0.2, 0.25) is 0 Å². The predicted octanol–water partition coefficient (Wildman–Crippen LogP) is 4.34. The lowest BCUT2D eigenvalue weighted by atomic mass is 10.3. The molecule has 3 nitrogen and oxygen atoms in total. The summed E-state index contributed by atoms with van der Waals surface area (Å²) in [5, 5.41) is 7.54. The first-order valence-corrected chi connectivity index (χ1v) is 6.52. The highest BCUT2D eigenvalue weighted by Gasteiger charge is 2.40. The molecule has 0 aliphatic rings. The van der Waals surface area contributed by atoms with Crippen molar-refractivity contribution in [3.05, 3.63) is 11.4 Å². The van der Waals surface area contributed by atoms with Gasteiger partial charge in [0.05, 0.1) is 0 Å². The Labute approximate surface area is 123 Å². The van der Waals surface area contributed by atoms with Crippen molar-refractivity contribution in [1.82, 2.24) is 15.0 Å².